The Bertz CT molecular complexity index is 525. The van der Waals surface area contributed by atoms with Gasteiger partial charge in [0.1, 0.15) is 5.75 Å². The first-order chi connectivity index (χ1) is 9.76. The first-order valence-electron chi connectivity index (χ1n) is 6.94. The molecular weight excluding hydrogens is 318 g/mol. The van der Waals surface area contributed by atoms with Crippen LogP contribution in [0.5, 0.6) is 5.75 Å². The molecule has 0 spiro atoms. The summed E-state index contributed by atoms with van der Waals surface area (Å²) in [7, 11) is 0. The Morgan fingerprint density at radius 2 is 2.10 bits per heavy atom. The second-order valence-corrected chi connectivity index (χ2v) is 5.42. The van der Waals surface area contributed by atoms with E-state index in [1.807, 2.05) is 19.1 Å². The van der Waals surface area contributed by atoms with E-state index in [2.05, 4.69) is 40.3 Å². The summed E-state index contributed by atoms with van der Waals surface area (Å²) >= 11 is 3.57. The van der Waals surface area contributed by atoms with Gasteiger partial charge >= 0.3 is 0 Å². The van der Waals surface area contributed by atoms with E-state index in [1.54, 1.807) is 12.5 Å². The third-order valence-electron chi connectivity index (χ3n) is 3.06. The number of hydrogen-bond acceptors (Lipinski definition) is 3. The van der Waals surface area contributed by atoms with Crippen molar-refractivity contribution in [3.05, 3.63) is 52.4 Å². The van der Waals surface area contributed by atoms with E-state index in [1.165, 1.54) is 5.56 Å². The second kappa shape index (κ2) is 7.50. The minimum atomic E-state index is 0.140. The molecule has 0 saturated heterocycles. The summed E-state index contributed by atoms with van der Waals surface area (Å²) < 4.78 is 11.7. The van der Waals surface area contributed by atoms with Crippen LogP contribution in [0.25, 0.3) is 0 Å². The van der Waals surface area contributed by atoms with E-state index in [-0.39, 0.29) is 6.04 Å². The molecule has 0 saturated carbocycles. The summed E-state index contributed by atoms with van der Waals surface area (Å²) in [5, 5.41) is 3.55. The smallest absolute Gasteiger partial charge is 0.133 e. The van der Waals surface area contributed by atoms with E-state index < -0.39 is 0 Å². The molecule has 0 aliphatic rings. The first kappa shape index (κ1) is 15.1. The van der Waals surface area contributed by atoms with Gasteiger partial charge in [-0.3, -0.25) is 0 Å². The number of benzene rings is 1. The minimum Gasteiger partial charge on any atom is -0.493 e. The molecule has 20 heavy (non-hydrogen) atoms. The van der Waals surface area contributed by atoms with Crippen molar-refractivity contribution >= 4 is 15.9 Å². The third-order valence-corrected chi connectivity index (χ3v) is 3.68. The van der Waals surface area contributed by atoms with Crippen molar-refractivity contribution in [2.45, 2.75) is 26.3 Å². The molecule has 0 aliphatic carbocycles. The fourth-order valence-electron chi connectivity index (χ4n) is 2.13. The molecular formula is C16H20BrNO2. The van der Waals surface area contributed by atoms with E-state index in [0.29, 0.717) is 6.61 Å². The summed E-state index contributed by atoms with van der Waals surface area (Å²) in [6.45, 7) is 5.77. The standard InChI is InChI=1S/C16H20BrNO2/c1-3-8-18-16(13-7-9-19-11-13)12-5-6-15(20-4-2)14(17)10-12/h5-7,9-11,16,18H,3-4,8H2,1-2H3. The molecule has 0 amide bonds. The maximum atomic E-state index is 5.56. The van der Waals surface area contributed by atoms with Gasteiger partial charge in [0.05, 0.1) is 29.6 Å². The van der Waals surface area contributed by atoms with Gasteiger partial charge in [0.2, 0.25) is 0 Å². The van der Waals surface area contributed by atoms with E-state index in [9.17, 15) is 0 Å². The zero-order chi connectivity index (χ0) is 14.4. The highest BCUT2D eigenvalue weighted by atomic mass is 79.9. The van der Waals surface area contributed by atoms with E-state index in [0.717, 1.165) is 28.8 Å². The number of rotatable bonds is 7. The van der Waals surface area contributed by atoms with Crippen molar-refractivity contribution in [2.75, 3.05) is 13.2 Å². The van der Waals surface area contributed by atoms with Crippen molar-refractivity contribution in [2.24, 2.45) is 0 Å². The molecule has 1 heterocycles. The molecule has 1 unspecified atom stereocenters. The molecule has 1 aromatic carbocycles. The van der Waals surface area contributed by atoms with Crippen molar-refractivity contribution in [3.63, 3.8) is 0 Å². The Hall–Kier alpha value is -1.26. The summed E-state index contributed by atoms with van der Waals surface area (Å²) in [4.78, 5) is 0. The van der Waals surface area contributed by atoms with Crippen LogP contribution in [0.4, 0.5) is 0 Å². The highest BCUT2D eigenvalue weighted by molar-refractivity contribution is 9.10. The monoisotopic (exact) mass is 337 g/mol. The second-order valence-electron chi connectivity index (χ2n) is 4.57. The number of halogens is 1. The molecule has 1 aromatic heterocycles. The zero-order valence-corrected chi connectivity index (χ0v) is 13.4. The Balaban J connectivity index is 2.26. The average molecular weight is 338 g/mol. The molecule has 0 aliphatic heterocycles. The number of hydrogen-bond donors (Lipinski definition) is 1. The molecule has 2 rings (SSSR count). The minimum absolute atomic E-state index is 0.140. The molecule has 3 nitrogen and oxygen atoms in total. The number of furan rings is 1. The maximum Gasteiger partial charge on any atom is 0.133 e. The lowest BCUT2D eigenvalue weighted by Gasteiger charge is -2.18. The van der Waals surface area contributed by atoms with Crippen LogP contribution in [0.3, 0.4) is 0 Å². The van der Waals surface area contributed by atoms with Crippen LogP contribution in [-0.4, -0.2) is 13.2 Å². The van der Waals surface area contributed by atoms with Crippen molar-refractivity contribution in [3.8, 4) is 5.75 Å². The maximum absolute atomic E-state index is 5.56. The van der Waals surface area contributed by atoms with Crippen LogP contribution in [0.1, 0.15) is 37.4 Å². The molecule has 0 bridgehead atoms. The van der Waals surface area contributed by atoms with Gasteiger partial charge in [0.15, 0.2) is 0 Å². The number of nitrogens with one attached hydrogen (secondary N) is 1. The Kier molecular flexibility index (Phi) is 5.68. The highest BCUT2D eigenvalue weighted by Crippen LogP contribution is 2.31. The van der Waals surface area contributed by atoms with Gasteiger partial charge in [-0.2, -0.15) is 0 Å². The van der Waals surface area contributed by atoms with Gasteiger partial charge in [0, 0.05) is 5.56 Å². The fourth-order valence-corrected chi connectivity index (χ4v) is 2.64. The van der Waals surface area contributed by atoms with Crippen molar-refractivity contribution < 1.29 is 9.15 Å². The largest absolute Gasteiger partial charge is 0.493 e. The van der Waals surface area contributed by atoms with Gasteiger partial charge < -0.3 is 14.5 Å². The molecule has 1 atom stereocenters. The normalized spacial score (nSPS) is 12.3. The van der Waals surface area contributed by atoms with E-state index in [4.69, 9.17) is 9.15 Å². The summed E-state index contributed by atoms with van der Waals surface area (Å²) in [5.41, 5.74) is 2.32. The van der Waals surface area contributed by atoms with Crippen LogP contribution < -0.4 is 10.1 Å². The topological polar surface area (TPSA) is 34.4 Å². The molecule has 0 fully saturated rings. The van der Waals surface area contributed by atoms with Crippen LogP contribution in [0, 0.1) is 0 Å². The van der Waals surface area contributed by atoms with E-state index >= 15 is 0 Å². The predicted octanol–water partition coefficient (Wildman–Crippen LogP) is 4.53. The lowest BCUT2D eigenvalue weighted by atomic mass is 10.0. The lowest BCUT2D eigenvalue weighted by Crippen LogP contribution is -2.22. The van der Waals surface area contributed by atoms with Gasteiger partial charge in [0.25, 0.3) is 0 Å². The summed E-state index contributed by atoms with van der Waals surface area (Å²) in [6.07, 6.45) is 4.59. The average Bonchev–Trinajstić information content (AvgIpc) is 2.96. The highest BCUT2D eigenvalue weighted by Gasteiger charge is 2.16. The van der Waals surface area contributed by atoms with Crippen LogP contribution in [0.15, 0.2) is 45.7 Å². The van der Waals surface area contributed by atoms with Crippen LogP contribution >= 0.6 is 15.9 Å². The SMILES string of the molecule is CCCNC(c1ccoc1)c1ccc(OCC)c(Br)c1. The first-order valence-corrected chi connectivity index (χ1v) is 7.73. The Labute approximate surface area is 128 Å². The van der Waals surface area contributed by atoms with Crippen LogP contribution in [0.2, 0.25) is 0 Å². The molecule has 108 valence electrons. The quantitative estimate of drug-likeness (QED) is 0.805. The summed E-state index contributed by atoms with van der Waals surface area (Å²) in [5.74, 6) is 0.873. The molecule has 0 radical (unpaired) electrons. The van der Waals surface area contributed by atoms with Gasteiger partial charge in [-0.25, -0.2) is 0 Å². The van der Waals surface area contributed by atoms with Crippen LogP contribution in [-0.2, 0) is 0 Å². The zero-order valence-electron chi connectivity index (χ0n) is 11.9. The summed E-state index contributed by atoms with van der Waals surface area (Å²) in [6, 6.07) is 8.34. The third kappa shape index (κ3) is 3.64. The van der Waals surface area contributed by atoms with Gasteiger partial charge in [-0.15, -0.1) is 0 Å². The molecule has 1 N–H and O–H groups in total. The van der Waals surface area contributed by atoms with Crippen molar-refractivity contribution in [1.29, 1.82) is 0 Å². The number of ether oxygens (including phenoxy) is 1. The predicted molar refractivity (Wildman–Crippen MR) is 84.2 cm³/mol. The van der Waals surface area contributed by atoms with Gasteiger partial charge in [-0.1, -0.05) is 13.0 Å². The Morgan fingerprint density at radius 3 is 2.70 bits per heavy atom. The molecule has 2 aromatic rings. The molecule has 4 heteroatoms. The van der Waals surface area contributed by atoms with Gasteiger partial charge in [-0.05, 0) is 59.6 Å². The van der Waals surface area contributed by atoms with Crippen molar-refractivity contribution in [1.82, 2.24) is 5.32 Å². The fraction of sp³-hybridized carbons (Fsp3) is 0.375. The lowest BCUT2D eigenvalue weighted by molar-refractivity contribution is 0.338. The Morgan fingerprint density at radius 1 is 1.25 bits per heavy atom.